The quantitative estimate of drug-likeness (QED) is 0.851. The summed E-state index contributed by atoms with van der Waals surface area (Å²) in [7, 11) is 0. The van der Waals surface area contributed by atoms with Crippen LogP contribution in [0.1, 0.15) is 38.5 Å². The summed E-state index contributed by atoms with van der Waals surface area (Å²) in [5.74, 6) is -0.383. The highest BCUT2D eigenvalue weighted by Crippen LogP contribution is 2.28. The molecule has 2 N–H and O–H groups in total. The van der Waals surface area contributed by atoms with Crippen LogP contribution in [0.5, 0.6) is 0 Å². The lowest BCUT2D eigenvalue weighted by atomic mass is 9.99. The average Bonchev–Trinajstić information content (AvgIpc) is 3.00. The molecule has 1 fully saturated rings. The largest absolute Gasteiger partial charge is 0.480 e. The summed E-state index contributed by atoms with van der Waals surface area (Å²) < 4.78 is 5.22. The molecule has 2 heterocycles. The van der Waals surface area contributed by atoms with Crippen LogP contribution in [0.25, 0.3) is 0 Å². The minimum absolute atomic E-state index is 0.0911. The van der Waals surface area contributed by atoms with Gasteiger partial charge in [0.2, 0.25) is 5.91 Å². The first kappa shape index (κ1) is 14.6. The lowest BCUT2D eigenvalue weighted by molar-refractivity contribution is -0.149. The molecular formula is C14H20N2O4. The highest BCUT2D eigenvalue weighted by molar-refractivity contribution is 5.82. The van der Waals surface area contributed by atoms with Gasteiger partial charge in [-0.3, -0.25) is 14.5 Å². The Kier molecular flexibility index (Phi) is 4.13. The minimum atomic E-state index is -0.939. The van der Waals surface area contributed by atoms with Gasteiger partial charge in [0, 0.05) is 0 Å². The average molecular weight is 280 g/mol. The van der Waals surface area contributed by atoms with E-state index in [1.807, 2.05) is 6.92 Å². The van der Waals surface area contributed by atoms with Gasteiger partial charge in [0.1, 0.15) is 11.3 Å². The van der Waals surface area contributed by atoms with Crippen LogP contribution in [0, 0.1) is 0 Å². The Labute approximate surface area is 117 Å². The molecule has 2 atom stereocenters. The molecule has 0 saturated carbocycles. The summed E-state index contributed by atoms with van der Waals surface area (Å²) in [6.07, 6.45) is 2.92. The van der Waals surface area contributed by atoms with Gasteiger partial charge in [-0.1, -0.05) is 0 Å². The maximum absolute atomic E-state index is 12.0. The van der Waals surface area contributed by atoms with E-state index in [4.69, 9.17) is 4.42 Å². The van der Waals surface area contributed by atoms with Crippen LogP contribution < -0.4 is 5.32 Å². The number of carbonyl (C=O) groups excluding carboxylic acids is 1. The second-order valence-corrected chi connectivity index (χ2v) is 5.41. The van der Waals surface area contributed by atoms with Crippen molar-refractivity contribution in [1.29, 1.82) is 0 Å². The first-order chi connectivity index (χ1) is 9.43. The van der Waals surface area contributed by atoms with Crippen molar-refractivity contribution in [1.82, 2.24) is 10.2 Å². The summed E-state index contributed by atoms with van der Waals surface area (Å²) in [4.78, 5) is 25.1. The first-order valence-corrected chi connectivity index (χ1v) is 6.74. The monoisotopic (exact) mass is 280 g/mol. The second-order valence-electron chi connectivity index (χ2n) is 5.41. The molecule has 0 radical (unpaired) electrons. The number of carbonyl (C=O) groups is 2. The molecule has 110 valence electrons. The van der Waals surface area contributed by atoms with Crippen molar-refractivity contribution in [2.75, 3.05) is 13.1 Å². The Morgan fingerprint density at radius 2 is 2.35 bits per heavy atom. The van der Waals surface area contributed by atoms with Crippen LogP contribution in [0.2, 0.25) is 0 Å². The van der Waals surface area contributed by atoms with Gasteiger partial charge >= 0.3 is 5.97 Å². The number of likely N-dealkylation sites (tertiary alicyclic amines) is 1. The second kappa shape index (κ2) is 5.66. The normalized spacial score (nSPS) is 24.5. The van der Waals surface area contributed by atoms with E-state index in [1.165, 1.54) is 0 Å². The van der Waals surface area contributed by atoms with Crippen molar-refractivity contribution in [3.8, 4) is 0 Å². The number of hydrogen-bond donors (Lipinski definition) is 2. The number of nitrogens with one attached hydrogen (secondary N) is 1. The zero-order chi connectivity index (χ0) is 14.8. The van der Waals surface area contributed by atoms with Crippen molar-refractivity contribution >= 4 is 11.9 Å². The van der Waals surface area contributed by atoms with E-state index in [2.05, 4.69) is 5.32 Å². The molecule has 1 aromatic heterocycles. The summed E-state index contributed by atoms with van der Waals surface area (Å²) in [6.45, 7) is 4.22. The molecule has 1 aliphatic rings. The SMILES string of the molecule is CC(NC(=O)CN1CCCC1(C)C(=O)O)c1ccco1. The molecule has 20 heavy (non-hydrogen) atoms. The third kappa shape index (κ3) is 2.85. The zero-order valence-corrected chi connectivity index (χ0v) is 11.8. The Morgan fingerprint density at radius 3 is 2.95 bits per heavy atom. The van der Waals surface area contributed by atoms with Gasteiger partial charge in [-0.25, -0.2) is 0 Å². The van der Waals surface area contributed by atoms with E-state index < -0.39 is 11.5 Å². The minimum Gasteiger partial charge on any atom is -0.480 e. The van der Waals surface area contributed by atoms with Crippen molar-refractivity contribution in [3.63, 3.8) is 0 Å². The number of furan rings is 1. The van der Waals surface area contributed by atoms with E-state index in [9.17, 15) is 14.7 Å². The van der Waals surface area contributed by atoms with Crippen LogP contribution in [0.3, 0.4) is 0 Å². The van der Waals surface area contributed by atoms with Gasteiger partial charge in [0.15, 0.2) is 0 Å². The van der Waals surface area contributed by atoms with E-state index in [0.29, 0.717) is 18.7 Å². The fourth-order valence-corrected chi connectivity index (χ4v) is 2.58. The third-order valence-corrected chi connectivity index (χ3v) is 3.93. The summed E-state index contributed by atoms with van der Waals surface area (Å²) in [5.41, 5.74) is -0.939. The van der Waals surface area contributed by atoms with Crippen LogP contribution in [-0.2, 0) is 9.59 Å². The third-order valence-electron chi connectivity index (χ3n) is 3.93. The molecule has 1 saturated heterocycles. The fraction of sp³-hybridized carbons (Fsp3) is 0.571. The molecule has 2 rings (SSSR count). The van der Waals surface area contributed by atoms with E-state index in [-0.39, 0.29) is 18.5 Å². The van der Waals surface area contributed by atoms with E-state index in [0.717, 1.165) is 6.42 Å². The van der Waals surface area contributed by atoms with Crippen molar-refractivity contribution < 1.29 is 19.1 Å². The van der Waals surface area contributed by atoms with Crippen LogP contribution in [-0.4, -0.2) is 40.5 Å². The molecule has 0 spiro atoms. The number of carboxylic acids is 1. The molecule has 2 unspecified atom stereocenters. The lowest BCUT2D eigenvalue weighted by Crippen LogP contribution is -2.51. The Balaban J connectivity index is 1.93. The summed E-state index contributed by atoms with van der Waals surface area (Å²) in [5, 5.41) is 12.1. The number of aliphatic carboxylic acids is 1. The van der Waals surface area contributed by atoms with Gasteiger partial charge in [-0.2, -0.15) is 0 Å². The topological polar surface area (TPSA) is 82.8 Å². The molecule has 6 nitrogen and oxygen atoms in total. The van der Waals surface area contributed by atoms with Gasteiger partial charge in [0.05, 0.1) is 18.8 Å². The Bertz CT molecular complexity index is 485. The highest BCUT2D eigenvalue weighted by Gasteiger charge is 2.43. The summed E-state index contributed by atoms with van der Waals surface area (Å²) >= 11 is 0. The molecule has 0 bridgehead atoms. The zero-order valence-electron chi connectivity index (χ0n) is 11.8. The standard InChI is InChI=1S/C14H20N2O4/c1-10(11-5-3-8-20-11)15-12(17)9-16-7-4-6-14(16,2)13(18)19/h3,5,8,10H,4,6-7,9H2,1-2H3,(H,15,17)(H,18,19). The van der Waals surface area contributed by atoms with E-state index >= 15 is 0 Å². The van der Waals surface area contributed by atoms with Gasteiger partial charge < -0.3 is 14.8 Å². The Morgan fingerprint density at radius 1 is 1.60 bits per heavy atom. The van der Waals surface area contributed by atoms with Gasteiger partial charge in [0.25, 0.3) is 0 Å². The predicted molar refractivity (Wildman–Crippen MR) is 72.1 cm³/mol. The van der Waals surface area contributed by atoms with E-state index in [1.54, 1.807) is 30.2 Å². The molecular weight excluding hydrogens is 260 g/mol. The smallest absolute Gasteiger partial charge is 0.323 e. The van der Waals surface area contributed by atoms with Gasteiger partial charge in [-0.05, 0) is 45.4 Å². The van der Waals surface area contributed by atoms with Gasteiger partial charge in [-0.15, -0.1) is 0 Å². The number of hydrogen-bond acceptors (Lipinski definition) is 4. The fourth-order valence-electron chi connectivity index (χ4n) is 2.58. The number of carboxylic acid groups (broad SMARTS) is 1. The molecule has 0 aromatic carbocycles. The molecule has 6 heteroatoms. The highest BCUT2D eigenvalue weighted by atomic mass is 16.4. The lowest BCUT2D eigenvalue weighted by Gasteiger charge is -2.30. The molecule has 0 aliphatic carbocycles. The number of rotatable bonds is 5. The van der Waals surface area contributed by atoms with Crippen molar-refractivity contribution in [3.05, 3.63) is 24.2 Å². The predicted octanol–water partition coefficient (Wildman–Crippen LogP) is 1.40. The van der Waals surface area contributed by atoms with Crippen LogP contribution in [0.15, 0.2) is 22.8 Å². The summed E-state index contributed by atoms with van der Waals surface area (Å²) in [6, 6.07) is 3.33. The maximum Gasteiger partial charge on any atom is 0.323 e. The molecule has 1 aromatic rings. The number of amides is 1. The van der Waals surface area contributed by atoms with Crippen molar-refractivity contribution in [2.45, 2.75) is 38.3 Å². The first-order valence-electron chi connectivity index (χ1n) is 6.74. The Hall–Kier alpha value is -1.82. The van der Waals surface area contributed by atoms with Crippen LogP contribution >= 0.6 is 0 Å². The molecule has 1 amide bonds. The number of nitrogens with zero attached hydrogens (tertiary/aromatic N) is 1. The van der Waals surface area contributed by atoms with Crippen LogP contribution in [0.4, 0.5) is 0 Å². The maximum atomic E-state index is 12.0. The van der Waals surface area contributed by atoms with Crippen molar-refractivity contribution in [2.24, 2.45) is 0 Å². The molecule has 1 aliphatic heterocycles.